The Bertz CT molecular complexity index is 725. The van der Waals surface area contributed by atoms with Gasteiger partial charge in [0.05, 0.1) is 0 Å². The summed E-state index contributed by atoms with van der Waals surface area (Å²) >= 11 is 0. The molecule has 0 saturated heterocycles. The number of H-pyrrole nitrogens is 1. The minimum atomic E-state index is -0.362. The number of Topliss-reactive ketones (excluding diaryl/α,β-unsaturated/α-hetero) is 1. The molecule has 3 rings (SSSR count). The van der Waals surface area contributed by atoms with E-state index in [9.17, 15) is 4.79 Å². The first-order valence-corrected chi connectivity index (χ1v) is 6.82. The molecule has 2 aromatic rings. The number of nitrogens with one attached hydrogen (secondary N) is 1. The normalized spacial score (nSPS) is 25.7. The average Bonchev–Trinajstić information content (AvgIpc) is 3.00. The molecule has 1 aromatic carbocycles. The van der Waals surface area contributed by atoms with Crippen LogP contribution in [0.4, 0.5) is 0 Å². The predicted octanol–water partition coefficient (Wildman–Crippen LogP) is 3.78. The second kappa shape index (κ2) is 4.44. The number of aromatic nitrogens is 1. The molecule has 102 valence electrons. The summed E-state index contributed by atoms with van der Waals surface area (Å²) in [5, 5.41) is 0.962. The Labute approximate surface area is 118 Å². The number of hydrogen-bond acceptors (Lipinski definition) is 2. The molecule has 0 saturated carbocycles. The zero-order chi connectivity index (χ0) is 14.3. The zero-order valence-corrected chi connectivity index (χ0v) is 11.8. The van der Waals surface area contributed by atoms with Crippen molar-refractivity contribution in [1.82, 2.24) is 4.98 Å². The molecule has 1 N–H and O–H groups in total. The Balaban J connectivity index is 2.06. The van der Waals surface area contributed by atoms with Gasteiger partial charge in [0.1, 0.15) is 6.04 Å². The van der Waals surface area contributed by atoms with Crippen molar-refractivity contribution in [3.63, 3.8) is 0 Å². The lowest BCUT2D eigenvalue weighted by molar-refractivity contribution is 0.0923. The van der Waals surface area contributed by atoms with Crippen LogP contribution in [0.1, 0.15) is 30.6 Å². The van der Waals surface area contributed by atoms with Gasteiger partial charge in [0.25, 0.3) is 0 Å². The van der Waals surface area contributed by atoms with Crippen LogP contribution in [-0.4, -0.2) is 22.5 Å². The number of carbonyl (C=O) groups is 1. The largest absolute Gasteiger partial charge is 0.360 e. The number of ketones is 1. The Kier molecular flexibility index (Phi) is 2.85. The van der Waals surface area contributed by atoms with Crippen LogP contribution < -0.4 is 0 Å². The van der Waals surface area contributed by atoms with Gasteiger partial charge in [0.2, 0.25) is 0 Å². The third-order valence-electron chi connectivity index (χ3n) is 4.18. The van der Waals surface area contributed by atoms with E-state index in [0.29, 0.717) is 0 Å². The monoisotopic (exact) mass is 266 g/mol. The molecule has 1 aliphatic heterocycles. The second-order valence-electron chi connectivity index (χ2n) is 5.77. The highest BCUT2D eigenvalue weighted by atomic mass is 16.1. The van der Waals surface area contributed by atoms with Crippen LogP contribution in [0, 0.1) is 5.41 Å². The van der Waals surface area contributed by atoms with Crippen LogP contribution >= 0.6 is 0 Å². The lowest BCUT2D eigenvalue weighted by atomic mass is 9.78. The van der Waals surface area contributed by atoms with Gasteiger partial charge in [-0.15, -0.1) is 6.58 Å². The fourth-order valence-electron chi connectivity index (χ4n) is 3.03. The number of aliphatic imine (C=N–C) groups is 1. The summed E-state index contributed by atoms with van der Waals surface area (Å²) in [5.41, 5.74) is 2.44. The topological polar surface area (TPSA) is 45.2 Å². The van der Waals surface area contributed by atoms with Crippen molar-refractivity contribution in [2.75, 3.05) is 0 Å². The van der Waals surface area contributed by atoms with Gasteiger partial charge in [-0.05, 0) is 19.4 Å². The summed E-state index contributed by atoms with van der Waals surface area (Å²) in [5.74, 6) is 0.0710. The highest BCUT2D eigenvalue weighted by molar-refractivity contribution is 6.12. The van der Waals surface area contributed by atoms with Gasteiger partial charge in [0, 0.05) is 33.8 Å². The van der Waals surface area contributed by atoms with E-state index < -0.39 is 0 Å². The van der Waals surface area contributed by atoms with Crippen molar-refractivity contribution in [3.05, 3.63) is 48.7 Å². The summed E-state index contributed by atoms with van der Waals surface area (Å²) in [6, 6.07) is 7.48. The SMILES string of the molecule is C=CC1(C)CC(C)=NC1C(=O)c1c[nH]c2ccccc12. The first-order chi connectivity index (χ1) is 9.55. The summed E-state index contributed by atoms with van der Waals surface area (Å²) in [6.07, 6.45) is 4.46. The molecule has 0 spiro atoms. The molecule has 0 fully saturated rings. The van der Waals surface area contributed by atoms with E-state index in [2.05, 4.69) is 23.5 Å². The van der Waals surface area contributed by atoms with E-state index in [0.717, 1.165) is 28.6 Å². The number of aromatic amines is 1. The van der Waals surface area contributed by atoms with Gasteiger partial charge < -0.3 is 4.98 Å². The van der Waals surface area contributed by atoms with Gasteiger partial charge in [0.15, 0.2) is 5.78 Å². The maximum absolute atomic E-state index is 12.9. The van der Waals surface area contributed by atoms with Crippen LogP contribution in [0.15, 0.2) is 48.1 Å². The average molecular weight is 266 g/mol. The van der Waals surface area contributed by atoms with E-state index in [1.165, 1.54) is 0 Å². The first kappa shape index (κ1) is 12.9. The minimum Gasteiger partial charge on any atom is -0.360 e. The van der Waals surface area contributed by atoms with E-state index in [4.69, 9.17) is 0 Å². The molecule has 2 heterocycles. The van der Waals surface area contributed by atoms with Crippen LogP contribution in [0.5, 0.6) is 0 Å². The maximum Gasteiger partial charge on any atom is 0.190 e. The number of rotatable bonds is 3. The van der Waals surface area contributed by atoms with E-state index in [1.54, 1.807) is 6.20 Å². The molecule has 3 nitrogen and oxygen atoms in total. The van der Waals surface area contributed by atoms with E-state index in [-0.39, 0.29) is 17.2 Å². The molecule has 0 radical (unpaired) electrons. The van der Waals surface area contributed by atoms with Crippen LogP contribution in [-0.2, 0) is 0 Å². The Morgan fingerprint density at radius 3 is 3.00 bits per heavy atom. The van der Waals surface area contributed by atoms with E-state index >= 15 is 0 Å². The molecule has 20 heavy (non-hydrogen) atoms. The Morgan fingerprint density at radius 2 is 2.25 bits per heavy atom. The van der Waals surface area contributed by atoms with Crippen molar-refractivity contribution in [1.29, 1.82) is 0 Å². The van der Waals surface area contributed by atoms with Crippen LogP contribution in [0.3, 0.4) is 0 Å². The molecule has 0 amide bonds. The van der Waals surface area contributed by atoms with Gasteiger partial charge in [-0.2, -0.15) is 0 Å². The van der Waals surface area contributed by atoms with Crippen molar-refractivity contribution < 1.29 is 4.79 Å². The molecular weight excluding hydrogens is 248 g/mol. The number of carbonyl (C=O) groups excluding carboxylic acids is 1. The molecule has 3 heteroatoms. The molecule has 1 aliphatic rings. The summed E-state index contributed by atoms with van der Waals surface area (Å²) in [4.78, 5) is 20.6. The third-order valence-corrected chi connectivity index (χ3v) is 4.18. The van der Waals surface area contributed by atoms with Crippen LogP contribution in [0.2, 0.25) is 0 Å². The molecular formula is C17H18N2O. The van der Waals surface area contributed by atoms with Crippen LogP contribution in [0.25, 0.3) is 10.9 Å². The summed E-state index contributed by atoms with van der Waals surface area (Å²) in [6.45, 7) is 7.92. The standard InChI is InChI=1S/C17H18N2O/c1-4-17(3)9-11(2)19-16(17)15(20)13-10-18-14-8-6-5-7-12(13)14/h4-8,10,16,18H,1,9H2,2-3H3. The fraction of sp³-hybridized carbons (Fsp3) is 0.294. The smallest absolute Gasteiger partial charge is 0.190 e. The van der Waals surface area contributed by atoms with Crippen molar-refractivity contribution in [2.24, 2.45) is 10.4 Å². The quantitative estimate of drug-likeness (QED) is 0.667. The van der Waals surface area contributed by atoms with E-state index in [1.807, 2.05) is 37.3 Å². The highest BCUT2D eigenvalue weighted by Crippen LogP contribution is 2.38. The van der Waals surface area contributed by atoms with Crippen molar-refractivity contribution >= 4 is 22.4 Å². The zero-order valence-electron chi connectivity index (χ0n) is 11.8. The predicted molar refractivity (Wildman–Crippen MR) is 82.4 cm³/mol. The Morgan fingerprint density at radius 1 is 1.50 bits per heavy atom. The lowest BCUT2D eigenvalue weighted by Crippen LogP contribution is -2.32. The minimum absolute atomic E-state index is 0.0710. The number of para-hydroxylation sites is 1. The second-order valence-corrected chi connectivity index (χ2v) is 5.77. The maximum atomic E-state index is 12.9. The van der Waals surface area contributed by atoms with Gasteiger partial charge in [-0.25, -0.2) is 0 Å². The molecule has 2 atom stereocenters. The fourth-order valence-corrected chi connectivity index (χ4v) is 3.03. The molecule has 0 aliphatic carbocycles. The lowest BCUT2D eigenvalue weighted by Gasteiger charge is -2.25. The van der Waals surface area contributed by atoms with Gasteiger partial charge >= 0.3 is 0 Å². The van der Waals surface area contributed by atoms with Gasteiger partial charge in [-0.1, -0.05) is 31.2 Å². The highest BCUT2D eigenvalue weighted by Gasteiger charge is 2.42. The number of nitrogens with zero attached hydrogens (tertiary/aromatic N) is 1. The molecule has 0 bridgehead atoms. The number of benzene rings is 1. The first-order valence-electron chi connectivity index (χ1n) is 6.82. The number of fused-ring (bicyclic) bond motifs is 1. The number of hydrogen-bond donors (Lipinski definition) is 1. The summed E-state index contributed by atoms with van der Waals surface area (Å²) < 4.78 is 0. The molecule has 2 unspecified atom stereocenters. The molecule has 1 aromatic heterocycles. The van der Waals surface area contributed by atoms with Gasteiger partial charge in [-0.3, -0.25) is 9.79 Å². The third kappa shape index (κ3) is 1.82. The van der Waals surface area contributed by atoms with Crippen molar-refractivity contribution in [3.8, 4) is 0 Å². The Hall–Kier alpha value is -2.16. The summed E-state index contributed by atoms with van der Waals surface area (Å²) in [7, 11) is 0. The van der Waals surface area contributed by atoms with Crippen molar-refractivity contribution in [2.45, 2.75) is 26.3 Å².